The highest BCUT2D eigenvalue weighted by atomic mass is 32.1. The number of methoxy groups -OCH3 is 2. The molecular weight excluding hydrogens is 456 g/mol. The van der Waals surface area contributed by atoms with Gasteiger partial charge < -0.3 is 19.3 Å². The number of esters is 1. The summed E-state index contributed by atoms with van der Waals surface area (Å²) in [5, 5.41) is 10.2. The molecule has 0 fully saturated rings. The summed E-state index contributed by atoms with van der Waals surface area (Å²) in [4.78, 5) is 31.5. The van der Waals surface area contributed by atoms with Crippen LogP contribution < -0.4 is 24.4 Å². The van der Waals surface area contributed by atoms with E-state index in [2.05, 4.69) is 4.99 Å². The summed E-state index contributed by atoms with van der Waals surface area (Å²) in [7, 11) is 2.87. The maximum atomic E-state index is 13.6. The molecule has 0 bridgehead atoms. The molecule has 1 aromatic heterocycles. The Kier molecular flexibility index (Phi) is 6.56. The molecule has 8 nitrogen and oxygen atoms in total. The van der Waals surface area contributed by atoms with Crippen molar-refractivity contribution in [2.24, 2.45) is 4.99 Å². The van der Waals surface area contributed by atoms with E-state index in [-0.39, 0.29) is 29.4 Å². The first-order valence-electron chi connectivity index (χ1n) is 10.6. The van der Waals surface area contributed by atoms with Gasteiger partial charge in [-0.25, -0.2) is 9.79 Å². The molecule has 1 N–H and O–H groups in total. The second kappa shape index (κ2) is 9.56. The Morgan fingerprint density at radius 3 is 2.41 bits per heavy atom. The highest BCUT2D eigenvalue weighted by Gasteiger charge is 2.33. The summed E-state index contributed by atoms with van der Waals surface area (Å²) in [6.45, 7) is 3.70. The highest BCUT2D eigenvalue weighted by Crippen LogP contribution is 2.37. The van der Waals surface area contributed by atoms with Crippen molar-refractivity contribution in [1.82, 2.24) is 4.57 Å². The molecule has 9 heteroatoms. The molecule has 0 spiro atoms. The van der Waals surface area contributed by atoms with Gasteiger partial charge in [-0.1, -0.05) is 41.7 Å². The smallest absolute Gasteiger partial charge is 0.338 e. The van der Waals surface area contributed by atoms with Gasteiger partial charge in [-0.15, -0.1) is 0 Å². The standard InChI is InChI=1S/C25H24N2O6S/c1-5-33-24(30)20-14(2)26-25-27(21(20)16-9-7-6-8-10-16)23(29)19(34-25)13-15-11-17(31-3)22(28)18(12-15)32-4/h6-13,21,28H,5H2,1-4H3. The van der Waals surface area contributed by atoms with Gasteiger partial charge in [-0.3, -0.25) is 9.36 Å². The first-order valence-corrected chi connectivity index (χ1v) is 11.4. The van der Waals surface area contributed by atoms with Gasteiger partial charge in [0.1, 0.15) is 0 Å². The molecule has 3 aromatic rings. The van der Waals surface area contributed by atoms with Crippen molar-refractivity contribution < 1.29 is 24.1 Å². The first-order chi connectivity index (χ1) is 16.4. The number of ether oxygens (including phenoxy) is 3. The Bertz CT molecular complexity index is 1430. The van der Waals surface area contributed by atoms with E-state index in [1.54, 1.807) is 32.1 Å². The van der Waals surface area contributed by atoms with Crippen LogP contribution in [-0.4, -0.2) is 36.5 Å². The molecule has 1 aliphatic heterocycles. The lowest BCUT2D eigenvalue weighted by molar-refractivity contribution is -0.139. The van der Waals surface area contributed by atoms with Crippen LogP contribution in [0.4, 0.5) is 0 Å². The van der Waals surface area contributed by atoms with Crippen molar-refractivity contribution in [3.63, 3.8) is 0 Å². The van der Waals surface area contributed by atoms with Gasteiger partial charge in [0.05, 0.1) is 42.7 Å². The van der Waals surface area contributed by atoms with Crippen LogP contribution in [0, 0.1) is 0 Å². The molecule has 34 heavy (non-hydrogen) atoms. The van der Waals surface area contributed by atoms with E-state index in [4.69, 9.17) is 14.2 Å². The van der Waals surface area contributed by atoms with E-state index in [0.29, 0.717) is 26.2 Å². The van der Waals surface area contributed by atoms with Crippen LogP contribution >= 0.6 is 11.3 Å². The number of nitrogens with zero attached hydrogens (tertiary/aromatic N) is 2. The third-order valence-electron chi connectivity index (χ3n) is 5.43. The molecule has 1 aliphatic rings. The van der Waals surface area contributed by atoms with Crippen LogP contribution in [0.25, 0.3) is 6.08 Å². The second-order valence-corrected chi connectivity index (χ2v) is 8.50. The number of carbonyl (C=O) groups is 1. The number of aromatic hydroxyl groups is 1. The summed E-state index contributed by atoms with van der Waals surface area (Å²) in [6, 6.07) is 11.9. The first kappa shape index (κ1) is 23.3. The summed E-state index contributed by atoms with van der Waals surface area (Å²) >= 11 is 1.21. The van der Waals surface area contributed by atoms with E-state index < -0.39 is 12.0 Å². The molecular formula is C25H24N2O6S. The van der Waals surface area contributed by atoms with E-state index in [9.17, 15) is 14.7 Å². The second-order valence-electron chi connectivity index (χ2n) is 7.49. The van der Waals surface area contributed by atoms with Crippen LogP contribution in [0.15, 0.2) is 63.5 Å². The van der Waals surface area contributed by atoms with Crippen molar-refractivity contribution in [3.05, 3.63) is 84.5 Å². The summed E-state index contributed by atoms with van der Waals surface area (Å²) in [5.74, 6) is -0.177. The number of phenols is 1. The Labute approximate surface area is 199 Å². The Morgan fingerprint density at radius 2 is 1.82 bits per heavy atom. The monoisotopic (exact) mass is 480 g/mol. The number of hydrogen-bond donors (Lipinski definition) is 1. The number of benzene rings is 2. The van der Waals surface area contributed by atoms with Crippen LogP contribution in [0.1, 0.15) is 31.0 Å². The SMILES string of the molecule is CCOC(=O)C1=C(C)N=c2sc(=Cc3cc(OC)c(O)c(OC)c3)c(=O)n2C1c1ccccc1. The molecule has 1 unspecified atom stereocenters. The topological polar surface area (TPSA) is 99.4 Å². The molecule has 0 saturated carbocycles. The molecule has 0 saturated heterocycles. The Hall–Kier alpha value is -3.85. The van der Waals surface area contributed by atoms with Gasteiger partial charge in [0.25, 0.3) is 5.56 Å². The van der Waals surface area contributed by atoms with Gasteiger partial charge in [-0.2, -0.15) is 0 Å². The molecule has 2 aromatic carbocycles. The largest absolute Gasteiger partial charge is 0.502 e. The third kappa shape index (κ3) is 4.10. The minimum atomic E-state index is -0.664. The highest BCUT2D eigenvalue weighted by molar-refractivity contribution is 7.07. The number of carbonyl (C=O) groups excluding carboxylic acids is 1. The Balaban J connectivity index is 1.95. The van der Waals surface area contributed by atoms with E-state index in [1.165, 1.54) is 30.1 Å². The number of fused-ring (bicyclic) bond motifs is 1. The number of rotatable bonds is 6. The fourth-order valence-electron chi connectivity index (χ4n) is 3.89. The number of thiazole rings is 1. The number of aromatic nitrogens is 1. The van der Waals surface area contributed by atoms with Crippen molar-refractivity contribution >= 4 is 23.4 Å². The maximum absolute atomic E-state index is 13.6. The average molecular weight is 481 g/mol. The lowest BCUT2D eigenvalue weighted by Gasteiger charge is -2.24. The molecule has 4 rings (SSSR count). The predicted octanol–water partition coefficient (Wildman–Crippen LogP) is 2.52. The van der Waals surface area contributed by atoms with Gasteiger partial charge in [0.2, 0.25) is 5.75 Å². The van der Waals surface area contributed by atoms with E-state index in [0.717, 1.165) is 5.56 Å². The van der Waals surface area contributed by atoms with Gasteiger partial charge in [0.15, 0.2) is 16.3 Å². The number of allylic oxidation sites excluding steroid dienone is 1. The zero-order valence-electron chi connectivity index (χ0n) is 19.2. The zero-order valence-corrected chi connectivity index (χ0v) is 20.0. The minimum Gasteiger partial charge on any atom is -0.502 e. The van der Waals surface area contributed by atoms with Crippen LogP contribution in [-0.2, 0) is 9.53 Å². The normalized spacial score (nSPS) is 15.5. The summed E-state index contributed by atoms with van der Waals surface area (Å²) < 4.78 is 17.7. The van der Waals surface area contributed by atoms with E-state index >= 15 is 0 Å². The molecule has 0 radical (unpaired) electrons. The summed E-state index contributed by atoms with van der Waals surface area (Å²) in [6.07, 6.45) is 1.68. The lowest BCUT2D eigenvalue weighted by atomic mass is 9.96. The Morgan fingerprint density at radius 1 is 1.18 bits per heavy atom. The number of hydrogen-bond acceptors (Lipinski definition) is 8. The van der Waals surface area contributed by atoms with Crippen LogP contribution in [0.5, 0.6) is 17.2 Å². The maximum Gasteiger partial charge on any atom is 0.338 e. The third-order valence-corrected chi connectivity index (χ3v) is 6.42. The predicted molar refractivity (Wildman–Crippen MR) is 128 cm³/mol. The van der Waals surface area contributed by atoms with Gasteiger partial charge in [-0.05, 0) is 43.2 Å². The quantitative estimate of drug-likeness (QED) is 0.545. The fourth-order valence-corrected chi connectivity index (χ4v) is 4.94. The van der Waals surface area contributed by atoms with Crippen molar-refractivity contribution in [3.8, 4) is 17.2 Å². The van der Waals surface area contributed by atoms with Crippen molar-refractivity contribution in [2.75, 3.05) is 20.8 Å². The van der Waals surface area contributed by atoms with Crippen molar-refractivity contribution in [1.29, 1.82) is 0 Å². The van der Waals surface area contributed by atoms with Gasteiger partial charge >= 0.3 is 5.97 Å². The average Bonchev–Trinajstić information content (AvgIpc) is 3.14. The molecule has 0 amide bonds. The molecule has 2 heterocycles. The van der Waals surface area contributed by atoms with E-state index in [1.807, 2.05) is 30.3 Å². The van der Waals surface area contributed by atoms with Crippen molar-refractivity contribution in [2.45, 2.75) is 19.9 Å². The fraction of sp³-hybridized carbons (Fsp3) is 0.240. The molecule has 1 atom stereocenters. The number of phenolic OH excluding ortho intramolecular Hbond substituents is 1. The van der Waals surface area contributed by atoms with Crippen LogP contribution in [0.2, 0.25) is 0 Å². The molecule has 0 aliphatic carbocycles. The minimum absolute atomic E-state index is 0.123. The lowest BCUT2D eigenvalue weighted by Crippen LogP contribution is -2.39. The summed E-state index contributed by atoms with van der Waals surface area (Å²) in [5.41, 5.74) is 1.93. The molecule has 176 valence electrons. The zero-order chi connectivity index (χ0) is 24.4. The van der Waals surface area contributed by atoms with Crippen LogP contribution in [0.3, 0.4) is 0 Å². The van der Waals surface area contributed by atoms with Gasteiger partial charge in [0, 0.05) is 0 Å².